The van der Waals surface area contributed by atoms with Gasteiger partial charge in [0.25, 0.3) is 0 Å². The molecule has 0 bridgehead atoms. The highest BCUT2D eigenvalue weighted by atomic mass is 14.5. The van der Waals surface area contributed by atoms with Gasteiger partial charge >= 0.3 is 0 Å². The molecule has 2 atom stereocenters. The summed E-state index contributed by atoms with van der Waals surface area (Å²) in [5.74, 6) is 1.67. The zero-order valence-corrected chi connectivity index (χ0v) is 10.8. The summed E-state index contributed by atoms with van der Waals surface area (Å²) >= 11 is 0. The Hall–Kier alpha value is -0.0400. The second-order valence-corrected chi connectivity index (χ2v) is 5.82. The molecule has 0 spiro atoms. The quantitative estimate of drug-likeness (QED) is 0.691. The van der Waals surface area contributed by atoms with E-state index in [0.29, 0.717) is 5.41 Å². The summed E-state index contributed by atoms with van der Waals surface area (Å²) < 4.78 is 0. The highest BCUT2D eigenvalue weighted by Crippen LogP contribution is 2.29. The summed E-state index contributed by atoms with van der Waals surface area (Å²) in [6.07, 6.45) is 5.15. The molecule has 0 saturated heterocycles. The minimum atomic E-state index is 0.481. The van der Waals surface area contributed by atoms with Crippen LogP contribution >= 0.6 is 0 Å². The van der Waals surface area contributed by atoms with Crippen molar-refractivity contribution in [3.8, 4) is 0 Å². The molecular formula is C13H29N. The number of hydrogen-bond donors (Lipinski definition) is 1. The Bertz CT molecular complexity index is 135. The van der Waals surface area contributed by atoms with Crippen LogP contribution in [0.5, 0.6) is 0 Å². The second kappa shape index (κ2) is 6.44. The lowest BCUT2D eigenvalue weighted by Gasteiger charge is -2.26. The Labute approximate surface area is 90.5 Å². The van der Waals surface area contributed by atoms with E-state index in [0.717, 1.165) is 18.4 Å². The van der Waals surface area contributed by atoms with Crippen LogP contribution in [0, 0.1) is 17.3 Å². The van der Waals surface area contributed by atoms with E-state index >= 15 is 0 Å². The predicted octanol–water partition coefficient (Wildman–Crippen LogP) is 3.82. The Kier molecular flexibility index (Phi) is 6.43. The van der Waals surface area contributed by atoms with Crippen LogP contribution in [0.2, 0.25) is 0 Å². The van der Waals surface area contributed by atoms with Gasteiger partial charge in [-0.2, -0.15) is 0 Å². The fourth-order valence-corrected chi connectivity index (χ4v) is 2.00. The van der Waals surface area contributed by atoms with Gasteiger partial charge in [0, 0.05) is 0 Å². The average molecular weight is 199 g/mol. The fraction of sp³-hybridized carbons (Fsp3) is 1.00. The Morgan fingerprint density at radius 2 is 1.71 bits per heavy atom. The standard InChI is InChI=1S/C13H29N/c1-6-12(8-10-14)11(2)7-9-13(3,4)5/h11-12H,6-10,14H2,1-5H3. The van der Waals surface area contributed by atoms with Gasteiger partial charge in [-0.15, -0.1) is 0 Å². The Balaban J connectivity index is 3.85. The molecule has 1 nitrogen and oxygen atoms in total. The van der Waals surface area contributed by atoms with Crippen molar-refractivity contribution < 1.29 is 0 Å². The van der Waals surface area contributed by atoms with Crippen LogP contribution in [-0.4, -0.2) is 6.54 Å². The molecule has 0 aliphatic heterocycles. The molecule has 86 valence electrons. The van der Waals surface area contributed by atoms with Crippen molar-refractivity contribution in [3.63, 3.8) is 0 Å². The van der Waals surface area contributed by atoms with Crippen LogP contribution in [0.25, 0.3) is 0 Å². The molecule has 0 heterocycles. The zero-order valence-electron chi connectivity index (χ0n) is 10.8. The molecule has 0 amide bonds. The lowest BCUT2D eigenvalue weighted by atomic mass is 9.80. The molecule has 0 aliphatic rings. The summed E-state index contributed by atoms with van der Waals surface area (Å²) in [6, 6.07) is 0. The normalized spacial score (nSPS) is 16.7. The maximum atomic E-state index is 5.62. The highest BCUT2D eigenvalue weighted by molar-refractivity contribution is 4.70. The largest absolute Gasteiger partial charge is 0.330 e. The maximum Gasteiger partial charge on any atom is -0.00745 e. The van der Waals surface area contributed by atoms with Crippen LogP contribution < -0.4 is 5.73 Å². The van der Waals surface area contributed by atoms with E-state index in [-0.39, 0.29) is 0 Å². The van der Waals surface area contributed by atoms with Crippen LogP contribution in [-0.2, 0) is 0 Å². The molecule has 1 heteroatoms. The van der Waals surface area contributed by atoms with Gasteiger partial charge in [-0.05, 0) is 43.1 Å². The van der Waals surface area contributed by atoms with E-state index in [1.165, 1.54) is 25.7 Å². The monoisotopic (exact) mass is 199 g/mol. The fourth-order valence-electron chi connectivity index (χ4n) is 2.00. The molecule has 0 radical (unpaired) electrons. The first-order valence-electron chi connectivity index (χ1n) is 6.10. The molecule has 0 aliphatic carbocycles. The van der Waals surface area contributed by atoms with Crippen molar-refractivity contribution >= 4 is 0 Å². The van der Waals surface area contributed by atoms with E-state index in [1.54, 1.807) is 0 Å². The van der Waals surface area contributed by atoms with Gasteiger partial charge in [-0.3, -0.25) is 0 Å². The predicted molar refractivity (Wildman–Crippen MR) is 65.3 cm³/mol. The molecule has 0 rings (SSSR count). The summed E-state index contributed by atoms with van der Waals surface area (Å²) in [5, 5.41) is 0. The van der Waals surface area contributed by atoms with E-state index < -0.39 is 0 Å². The molecule has 2 unspecified atom stereocenters. The Morgan fingerprint density at radius 3 is 2.07 bits per heavy atom. The minimum Gasteiger partial charge on any atom is -0.330 e. The third-order valence-electron chi connectivity index (χ3n) is 3.22. The summed E-state index contributed by atoms with van der Waals surface area (Å²) in [5.41, 5.74) is 6.11. The van der Waals surface area contributed by atoms with E-state index in [4.69, 9.17) is 5.73 Å². The summed E-state index contributed by atoms with van der Waals surface area (Å²) in [6.45, 7) is 12.5. The maximum absolute atomic E-state index is 5.62. The van der Waals surface area contributed by atoms with Crippen LogP contribution in [0.1, 0.15) is 60.3 Å². The van der Waals surface area contributed by atoms with Crippen molar-refractivity contribution in [1.82, 2.24) is 0 Å². The number of nitrogens with two attached hydrogens (primary N) is 1. The second-order valence-electron chi connectivity index (χ2n) is 5.82. The van der Waals surface area contributed by atoms with Crippen LogP contribution in [0.3, 0.4) is 0 Å². The molecule has 0 aromatic carbocycles. The third-order valence-corrected chi connectivity index (χ3v) is 3.22. The molecule has 0 aromatic rings. The van der Waals surface area contributed by atoms with Gasteiger partial charge in [-0.25, -0.2) is 0 Å². The minimum absolute atomic E-state index is 0.481. The SMILES string of the molecule is CCC(CCN)C(C)CCC(C)(C)C. The van der Waals surface area contributed by atoms with Gasteiger partial charge < -0.3 is 5.73 Å². The van der Waals surface area contributed by atoms with Crippen LogP contribution in [0.4, 0.5) is 0 Å². The van der Waals surface area contributed by atoms with Crippen molar-refractivity contribution in [2.45, 2.75) is 60.3 Å². The summed E-state index contributed by atoms with van der Waals surface area (Å²) in [7, 11) is 0. The van der Waals surface area contributed by atoms with Gasteiger partial charge in [0.2, 0.25) is 0 Å². The smallest absolute Gasteiger partial charge is 0.00745 e. The van der Waals surface area contributed by atoms with Crippen LogP contribution in [0.15, 0.2) is 0 Å². The topological polar surface area (TPSA) is 26.0 Å². The summed E-state index contributed by atoms with van der Waals surface area (Å²) in [4.78, 5) is 0. The van der Waals surface area contributed by atoms with Gasteiger partial charge in [0.05, 0.1) is 0 Å². The molecule has 0 saturated carbocycles. The zero-order chi connectivity index (χ0) is 11.2. The van der Waals surface area contributed by atoms with Crippen molar-refractivity contribution in [2.75, 3.05) is 6.54 Å². The first-order valence-corrected chi connectivity index (χ1v) is 6.10. The first-order chi connectivity index (χ1) is 6.40. The lowest BCUT2D eigenvalue weighted by molar-refractivity contribution is 0.260. The van der Waals surface area contributed by atoms with E-state index in [1.807, 2.05) is 0 Å². The van der Waals surface area contributed by atoms with Crippen molar-refractivity contribution in [3.05, 3.63) is 0 Å². The molecular weight excluding hydrogens is 170 g/mol. The van der Waals surface area contributed by atoms with E-state index in [2.05, 4.69) is 34.6 Å². The lowest BCUT2D eigenvalue weighted by Crippen LogP contribution is -2.17. The van der Waals surface area contributed by atoms with Gasteiger partial charge in [-0.1, -0.05) is 41.0 Å². The molecule has 14 heavy (non-hydrogen) atoms. The van der Waals surface area contributed by atoms with Crippen molar-refractivity contribution in [2.24, 2.45) is 23.0 Å². The van der Waals surface area contributed by atoms with Crippen molar-refractivity contribution in [1.29, 1.82) is 0 Å². The third kappa shape index (κ3) is 6.42. The number of rotatable bonds is 6. The first kappa shape index (κ1) is 14.0. The van der Waals surface area contributed by atoms with E-state index in [9.17, 15) is 0 Å². The van der Waals surface area contributed by atoms with Gasteiger partial charge in [0.15, 0.2) is 0 Å². The molecule has 2 N–H and O–H groups in total. The molecule has 0 fully saturated rings. The highest BCUT2D eigenvalue weighted by Gasteiger charge is 2.18. The molecule has 0 aromatic heterocycles. The number of hydrogen-bond acceptors (Lipinski definition) is 1. The average Bonchev–Trinajstić information content (AvgIpc) is 2.09. The Morgan fingerprint density at radius 1 is 1.14 bits per heavy atom. The van der Waals surface area contributed by atoms with Gasteiger partial charge in [0.1, 0.15) is 0 Å².